The summed E-state index contributed by atoms with van der Waals surface area (Å²) in [6.07, 6.45) is 0.946. The van der Waals surface area contributed by atoms with Crippen LogP contribution in [0.2, 0.25) is 0 Å². The Balaban J connectivity index is 2.11. The molecule has 0 radical (unpaired) electrons. The maximum absolute atomic E-state index is 12.0. The largest absolute Gasteiger partial charge is 0.495 e. The highest BCUT2D eigenvalue weighted by molar-refractivity contribution is 5.99. The van der Waals surface area contributed by atoms with Gasteiger partial charge in [-0.1, -0.05) is 6.07 Å². The van der Waals surface area contributed by atoms with E-state index in [1.54, 1.807) is 13.2 Å². The third-order valence-corrected chi connectivity index (χ3v) is 2.92. The number of ether oxygens (including phenoxy) is 1. The van der Waals surface area contributed by atoms with Crippen LogP contribution in [0.5, 0.6) is 5.75 Å². The van der Waals surface area contributed by atoms with Crippen molar-refractivity contribution in [2.24, 2.45) is 0 Å². The zero-order valence-electron chi connectivity index (χ0n) is 10.4. The summed E-state index contributed by atoms with van der Waals surface area (Å²) in [5.74, 6) is 0.328. The molecule has 2 amide bonds. The predicted octanol–water partition coefficient (Wildman–Crippen LogP) is 1.22. The van der Waals surface area contributed by atoms with Gasteiger partial charge in [0.05, 0.1) is 12.8 Å². The Hall–Kier alpha value is -2.04. The molecule has 0 saturated carbocycles. The van der Waals surface area contributed by atoms with Gasteiger partial charge in [-0.15, -0.1) is 0 Å². The van der Waals surface area contributed by atoms with Crippen LogP contribution in [-0.4, -0.2) is 25.0 Å². The van der Waals surface area contributed by atoms with E-state index in [0.717, 1.165) is 5.56 Å². The number of methoxy groups -OCH3 is 1. The molecule has 2 rings (SSSR count). The number of carbonyl (C=O) groups excluding carboxylic acids is 2. The smallest absolute Gasteiger partial charge is 0.247 e. The second-order valence-electron chi connectivity index (χ2n) is 4.35. The summed E-state index contributed by atoms with van der Waals surface area (Å²) in [5, 5.41) is 5.42. The van der Waals surface area contributed by atoms with Gasteiger partial charge in [-0.3, -0.25) is 9.59 Å². The minimum Gasteiger partial charge on any atom is -0.495 e. The Kier molecular flexibility index (Phi) is 3.50. The summed E-state index contributed by atoms with van der Waals surface area (Å²) in [6.45, 7) is 1.94. The normalized spacial score (nSPS) is 18.3. The highest BCUT2D eigenvalue weighted by Gasteiger charge is 2.27. The third-order valence-electron chi connectivity index (χ3n) is 2.92. The van der Waals surface area contributed by atoms with E-state index >= 15 is 0 Å². The average Bonchev–Trinajstić information content (AvgIpc) is 2.76. The van der Waals surface area contributed by atoms with Crippen LogP contribution < -0.4 is 15.4 Å². The second-order valence-corrected chi connectivity index (χ2v) is 4.35. The van der Waals surface area contributed by atoms with E-state index in [-0.39, 0.29) is 11.8 Å². The monoisotopic (exact) mass is 248 g/mol. The van der Waals surface area contributed by atoms with Gasteiger partial charge >= 0.3 is 0 Å². The van der Waals surface area contributed by atoms with Gasteiger partial charge in [0.15, 0.2) is 0 Å². The molecule has 1 unspecified atom stereocenters. The van der Waals surface area contributed by atoms with Gasteiger partial charge < -0.3 is 15.4 Å². The molecule has 1 heterocycles. The minimum absolute atomic E-state index is 0.0774. The highest BCUT2D eigenvalue weighted by Crippen LogP contribution is 2.25. The second kappa shape index (κ2) is 5.08. The summed E-state index contributed by atoms with van der Waals surface area (Å²) in [4.78, 5) is 23.0. The molecule has 18 heavy (non-hydrogen) atoms. The molecule has 1 aliphatic heterocycles. The zero-order chi connectivity index (χ0) is 13.1. The van der Waals surface area contributed by atoms with Gasteiger partial charge in [0.25, 0.3) is 0 Å². The van der Waals surface area contributed by atoms with Gasteiger partial charge in [-0.25, -0.2) is 0 Å². The lowest BCUT2D eigenvalue weighted by molar-refractivity contribution is -0.122. The third kappa shape index (κ3) is 2.61. The number of hydrogen-bond acceptors (Lipinski definition) is 3. The van der Waals surface area contributed by atoms with E-state index < -0.39 is 6.04 Å². The summed E-state index contributed by atoms with van der Waals surface area (Å²) < 4.78 is 5.18. The quantitative estimate of drug-likeness (QED) is 0.845. The molecular formula is C13H16N2O3. The molecular weight excluding hydrogens is 232 g/mol. The SMILES string of the molecule is COc1ccc(C)cc1NC(=O)C1CCC(=O)N1. The molecule has 0 aliphatic carbocycles. The molecule has 1 fully saturated rings. The molecule has 5 heteroatoms. The van der Waals surface area contributed by atoms with Crippen LogP contribution in [0, 0.1) is 6.92 Å². The summed E-state index contributed by atoms with van der Waals surface area (Å²) in [6, 6.07) is 5.11. The number of amides is 2. The summed E-state index contributed by atoms with van der Waals surface area (Å²) in [5.41, 5.74) is 1.66. The van der Waals surface area contributed by atoms with Crippen LogP contribution >= 0.6 is 0 Å². The van der Waals surface area contributed by atoms with Gasteiger partial charge in [0, 0.05) is 6.42 Å². The first-order valence-corrected chi connectivity index (χ1v) is 5.85. The Bertz CT molecular complexity index is 485. The van der Waals surface area contributed by atoms with E-state index in [9.17, 15) is 9.59 Å². The van der Waals surface area contributed by atoms with Crippen molar-refractivity contribution in [1.82, 2.24) is 5.32 Å². The Morgan fingerprint density at radius 3 is 2.89 bits per heavy atom. The number of carbonyl (C=O) groups is 2. The van der Waals surface area contributed by atoms with E-state index in [0.29, 0.717) is 24.3 Å². The van der Waals surface area contributed by atoms with Crippen molar-refractivity contribution in [2.45, 2.75) is 25.8 Å². The predicted molar refractivity (Wildman–Crippen MR) is 67.5 cm³/mol. The van der Waals surface area contributed by atoms with Crippen molar-refractivity contribution in [3.63, 3.8) is 0 Å². The highest BCUT2D eigenvalue weighted by atomic mass is 16.5. The van der Waals surface area contributed by atoms with Crippen LogP contribution in [-0.2, 0) is 9.59 Å². The van der Waals surface area contributed by atoms with Gasteiger partial charge in [0.1, 0.15) is 11.8 Å². The Morgan fingerprint density at radius 2 is 2.28 bits per heavy atom. The zero-order valence-corrected chi connectivity index (χ0v) is 10.4. The van der Waals surface area contributed by atoms with Gasteiger partial charge in [-0.2, -0.15) is 0 Å². The maximum Gasteiger partial charge on any atom is 0.247 e. The molecule has 1 aromatic carbocycles. The van der Waals surface area contributed by atoms with Crippen molar-refractivity contribution in [1.29, 1.82) is 0 Å². The molecule has 5 nitrogen and oxygen atoms in total. The van der Waals surface area contributed by atoms with Crippen molar-refractivity contribution in [3.8, 4) is 5.75 Å². The molecule has 1 aliphatic rings. The fourth-order valence-electron chi connectivity index (χ4n) is 1.95. The lowest BCUT2D eigenvalue weighted by Gasteiger charge is -2.14. The standard InChI is InChI=1S/C13H16N2O3/c1-8-3-5-11(18-2)10(7-8)15-13(17)9-4-6-12(16)14-9/h3,5,7,9H,4,6H2,1-2H3,(H,14,16)(H,15,17). The fraction of sp³-hybridized carbons (Fsp3) is 0.385. The Labute approximate surface area is 106 Å². The lowest BCUT2D eigenvalue weighted by atomic mass is 10.1. The van der Waals surface area contributed by atoms with Crippen molar-refractivity contribution >= 4 is 17.5 Å². The first-order valence-electron chi connectivity index (χ1n) is 5.85. The number of aryl methyl sites for hydroxylation is 1. The van der Waals surface area contributed by atoms with E-state index in [4.69, 9.17) is 4.74 Å². The minimum atomic E-state index is -0.442. The van der Waals surface area contributed by atoms with Crippen molar-refractivity contribution in [2.75, 3.05) is 12.4 Å². The van der Waals surface area contributed by atoms with Gasteiger partial charge in [-0.05, 0) is 31.0 Å². The maximum atomic E-state index is 12.0. The first-order chi connectivity index (χ1) is 8.60. The van der Waals surface area contributed by atoms with Crippen molar-refractivity contribution < 1.29 is 14.3 Å². The number of hydrogen-bond donors (Lipinski definition) is 2. The van der Waals surface area contributed by atoms with Crippen LogP contribution in [0.3, 0.4) is 0 Å². The van der Waals surface area contributed by atoms with Crippen LogP contribution in [0.4, 0.5) is 5.69 Å². The number of benzene rings is 1. The number of nitrogens with one attached hydrogen (secondary N) is 2. The van der Waals surface area contributed by atoms with Crippen LogP contribution in [0.15, 0.2) is 18.2 Å². The van der Waals surface area contributed by atoms with Gasteiger partial charge in [0.2, 0.25) is 11.8 Å². The van der Waals surface area contributed by atoms with Crippen LogP contribution in [0.1, 0.15) is 18.4 Å². The van der Waals surface area contributed by atoms with E-state index in [1.165, 1.54) is 0 Å². The molecule has 0 bridgehead atoms. The first kappa shape index (κ1) is 12.4. The number of anilines is 1. The fourth-order valence-corrected chi connectivity index (χ4v) is 1.95. The Morgan fingerprint density at radius 1 is 1.50 bits per heavy atom. The molecule has 96 valence electrons. The molecule has 1 saturated heterocycles. The molecule has 1 aromatic rings. The lowest BCUT2D eigenvalue weighted by Crippen LogP contribution is -2.37. The average molecular weight is 248 g/mol. The van der Waals surface area contributed by atoms with Crippen LogP contribution in [0.25, 0.3) is 0 Å². The topological polar surface area (TPSA) is 67.4 Å². The molecule has 0 spiro atoms. The summed E-state index contributed by atoms with van der Waals surface area (Å²) >= 11 is 0. The molecule has 2 N–H and O–H groups in total. The van der Waals surface area contributed by atoms with E-state index in [1.807, 2.05) is 19.1 Å². The summed E-state index contributed by atoms with van der Waals surface area (Å²) in [7, 11) is 1.55. The molecule has 1 atom stereocenters. The van der Waals surface area contributed by atoms with Crippen molar-refractivity contribution in [3.05, 3.63) is 23.8 Å². The van der Waals surface area contributed by atoms with E-state index in [2.05, 4.69) is 10.6 Å². The molecule has 0 aromatic heterocycles. The number of rotatable bonds is 3.